The van der Waals surface area contributed by atoms with E-state index in [0.29, 0.717) is 6.04 Å². The Bertz CT molecular complexity index is 1260. The van der Waals surface area contributed by atoms with Crippen molar-refractivity contribution in [3.8, 4) is 0 Å². The van der Waals surface area contributed by atoms with Crippen LogP contribution in [0.2, 0.25) is 0 Å². The Labute approximate surface area is 339 Å². The minimum Gasteiger partial charge on any atom is -0.449 e. The van der Waals surface area contributed by atoms with Gasteiger partial charge in [-0.2, -0.15) is 0 Å². The van der Waals surface area contributed by atoms with E-state index < -0.39 is 60.7 Å². The molecule has 330 valence electrons. The third kappa shape index (κ3) is 21.7. The Kier molecular flexibility index (Phi) is 22.7. The average molecular weight is 817 g/mol. The van der Waals surface area contributed by atoms with Crippen LogP contribution in [-0.2, 0) is 61.9 Å². The number of amides is 2. The van der Waals surface area contributed by atoms with Crippen molar-refractivity contribution in [2.45, 2.75) is 182 Å². The second-order valence-electron chi connectivity index (χ2n) is 17.1. The van der Waals surface area contributed by atoms with Crippen molar-refractivity contribution in [2.24, 2.45) is 17.3 Å². The summed E-state index contributed by atoms with van der Waals surface area (Å²) in [6.45, 7) is 18.2. The molecule has 2 fully saturated rings. The highest BCUT2D eigenvalue weighted by atomic mass is 16.7. The van der Waals surface area contributed by atoms with Gasteiger partial charge in [-0.05, 0) is 125 Å². The molecule has 0 heterocycles. The van der Waals surface area contributed by atoms with Crippen LogP contribution in [0.25, 0.3) is 0 Å². The van der Waals surface area contributed by atoms with Gasteiger partial charge in [0.2, 0.25) is 12.7 Å². The minimum absolute atomic E-state index is 0.0756. The average Bonchev–Trinajstić information content (AvgIpc) is 3.13. The van der Waals surface area contributed by atoms with Gasteiger partial charge in [-0.25, -0.2) is 24.0 Å². The summed E-state index contributed by atoms with van der Waals surface area (Å²) in [5.41, 5.74) is -0.866. The summed E-state index contributed by atoms with van der Waals surface area (Å²) in [4.78, 5) is 71.0. The molecule has 0 spiro atoms. The molecule has 0 bridgehead atoms. The Hall–Kier alpha value is -3.50. The molecule has 16 heteroatoms. The topological polar surface area (TPSA) is 200 Å². The van der Waals surface area contributed by atoms with Crippen LogP contribution in [-0.4, -0.2) is 112 Å². The molecule has 57 heavy (non-hydrogen) atoms. The number of methoxy groups -OCH3 is 2. The molecule has 0 saturated heterocycles. The van der Waals surface area contributed by atoms with Crippen LogP contribution in [0.5, 0.6) is 0 Å². The summed E-state index contributed by atoms with van der Waals surface area (Å²) in [5, 5.41) is 6.23. The third-order valence-electron chi connectivity index (χ3n) is 9.75. The Morgan fingerprint density at radius 1 is 0.561 bits per heavy atom. The summed E-state index contributed by atoms with van der Waals surface area (Å²) >= 11 is 0. The van der Waals surface area contributed by atoms with Gasteiger partial charge >= 0.3 is 30.0 Å². The van der Waals surface area contributed by atoms with Crippen molar-refractivity contribution in [1.29, 1.82) is 0 Å². The van der Waals surface area contributed by atoms with Crippen LogP contribution in [0.3, 0.4) is 0 Å². The van der Waals surface area contributed by atoms with E-state index in [0.717, 1.165) is 37.5 Å². The summed E-state index contributed by atoms with van der Waals surface area (Å²) in [6, 6.07) is 0.588. The number of carbonyl (C=O) groups is 6. The summed E-state index contributed by atoms with van der Waals surface area (Å²) < 4.78 is 39.7. The highest BCUT2D eigenvalue weighted by Gasteiger charge is 2.31. The fourth-order valence-corrected chi connectivity index (χ4v) is 6.12. The number of carbonyl (C=O) groups excluding carboxylic acids is 6. The molecule has 2 N–H and O–H groups in total. The number of hydrogen-bond acceptors (Lipinski definition) is 14. The lowest BCUT2D eigenvalue weighted by Gasteiger charge is -2.35. The molecule has 2 saturated carbocycles. The van der Waals surface area contributed by atoms with Crippen LogP contribution in [0.1, 0.15) is 134 Å². The van der Waals surface area contributed by atoms with Gasteiger partial charge < -0.3 is 48.5 Å². The van der Waals surface area contributed by atoms with E-state index in [1.54, 1.807) is 27.9 Å². The maximum absolute atomic E-state index is 12.2. The van der Waals surface area contributed by atoms with E-state index in [-0.39, 0.29) is 36.2 Å². The molecule has 0 aromatic carbocycles. The first-order valence-corrected chi connectivity index (χ1v) is 20.2. The molecular weight excluding hydrogens is 744 g/mol. The van der Waals surface area contributed by atoms with Crippen LogP contribution in [0, 0.1) is 17.3 Å². The van der Waals surface area contributed by atoms with Gasteiger partial charge in [-0.1, -0.05) is 20.8 Å². The molecular formula is C41H72N2O14. The van der Waals surface area contributed by atoms with E-state index in [1.165, 1.54) is 66.9 Å². The van der Waals surface area contributed by atoms with Crippen LogP contribution in [0.15, 0.2) is 0 Å². The quantitative estimate of drug-likeness (QED) is 0.105. The van der Waals surface area contributed by atoms with Gasteiger partial charge in [0.15, 0.2) is 24.4 Å². The molecule has 0 aromatic heterocycles. The molecule has 2 rings (SSSR count). The first-order chi connectivity index (χ1) is 26.4. The van der Waals surface area contributed by atoms with Crippen molar-refractivity contribution < 1.29 is 66.7 Å². The first kappa shape index (κ1) is 51.5. The molecule has 2 amide bonds. The minimum atomic E-state index is -1.23. The van der Waals surface area contributed by atoms with Crippen LogP contribution < -0.4 is 10.6 Å². The van der Waals surface area contributed by atoms with E-state index in [2.05, 4.69) is 10.6 Å². The number of ether oxygens (including phenoxy) is 8. The largest absolute Gasteiger partial charge is 0.449 e. The molecule has 5 atom stereocenters. The van der Waals surface area contributed by atoms with E-state index in [4.69, 9.17) is 37.9 Å². The Morgan fingerprint density at radius 2 is 1.00 bits per heavy atom. The van der Waals surface area contributed by atoms with Crippen molar-refractivity contribution >= 4 is 35.9 Å². The van der Waals surface area contributed by atoms with E-state index in [1.807, 2.05) is 27.7 Å². The van der Waals surface area contributed by atoms with Gasteiger partial charge in [0, 0.05) is 31.7 Å². The molecule has 2 aliphatic carbocycles. The number of hydrogen-bond donors (Lipinski definition) is 2. The van der Waals surface area contributed by atoms with Gasteiger partial charge in [-0.15, -0.1) is 0 Å². The predicted molar refractivity (Wildman–Crippen MR) is 210 cm³/mol. The maximum Gasteiger partial charge on any atom is 0.407 e. The van der Waals surface area contributed by atoms with Crippen LogP contribution in [0.4, 0.5) is 4.79 Å². The van der Waals surface area contributed by atoms with Gasteiger partial charge in [0.1, 0.15) is 6.61 Å². The van der Waals surface area contributed by atoms with E-state index >= 15 is 0 Å². The molecule has 0 aliphatic heterocycles. The lowest BCUT2D eigenvalue weighted by atomic mass is 9.75. The van der Waals surface area contributed by atoms with Crippen LogP contribution >= 0.6 is 0 Å². The number of esters is 4. The summed E-state index contributed by atoms with van der Waals surface area (Å²) in [5.74, 6) is -1.58. The van der Waals surface area contributed by atoms with Gasteiger partial charge in [0.25, 0.3) is 0 Å². The number of alkyl carbamates (subject to hydrolysis) is 1. The fraction of sp³-hybridized carbons (Fsp3) is 0.854. The summed E-state index contributed by atoms with van der Waals surface area (Å²) in [6.07, 6.45) is 5.83. The molecule has 16 nitrogen and oxygen atoms in total. The lowest BCUT2D eigenvalue weighted by molar-refractivity contribution is -0.189. The maximum atomic E-state index is 12.2. The highest BCUT2D eigenvalue weighted by Crippen LogP contribution is 2.35. The highest BCUT2D eigenvalue weighted by molar-refractivity contribution is 5.82. The van der Waals surface area contributed by atoms with Crippen molar-refractivity contribution in [1.82, 2.24) is 10.6 Å². The second-order valence-corrected chi connectivity index (χ2v) is 17.1. The zero-order chi connectivity index (χ0) is 43.5. The molecule has 5 unspecified atom stereocenters. The fourth-order valence-electron chi connectivity index (χ4n) is 6.12. The third-order valence-corrected chi connectivity index (χ3v) is 9.75. The Balaban J connectivity index is 0.000000571. The lowest BCUT2D eigenvalue weighted by Crippen LogP contribution is -2.43. The molecule has 0 aromatic rings. The van der Waals surface area contributed by atoms with Crippen molar-refractivity contribution in [3.05, 3.63) is 0 Å². The summed E-state index contributed by atoms with van der Waals surface area (Å²) in [7, 11) is 2.93. The van der Waals surface area contributed by atoms with Gasteiger partial charge in [0.05, 0.1) is 11.7 Å². The smallest absolute Gasteiger partial charge is 0.407 e. The normalized spacial score (nSPS) is 22.4. The zero-order valence-electron chi connectivity index (χ0n) is 36.7. The monoisotopic (exact) mass is 816 g/mol. The first-order valence-electron chi connectivity index (χ1n) is 20.2. The van der Waals surface area contributed by atoms with Gasteiger partial charge in [-0.3, -0.25) is 4.79 Å². The van der Waals surface area contributed by atoms with E-state index in [9.17, 15) is 28.8 Å². The SMILES string of the molecule is COC(C)C(=O)OC(C)C(=O)OCOC(=O)C(C)OC(=O)C(C)OC(C)(C)C.COC(C)COC(=O)NC1CCC(CC2CCC(NC(=O)C(C)(C)C)CC2)CC1. The number of rotatable bonds is 17. The van der Waals surface area contributed by atoms with Crippen molar-refractivity contribution in [2.75, 3.05) is 27.6 Å². The second kappa shape index (κ2) is 25.1. The van der Waals surface area contributed by atoms with Crippen molar-refractivity contribution in [3.63, 3.8) is 0 Å². The molecule has 0 radical (unpaired) electrons. The zero-order valence-corrected chi connectivity index (χ0v) is 36.7. The molecule has 2 aliphatic rings. The predicted octanol–water partition coefficient (Wildman–Crippen LogP) is 5.55. The standard InChI is InChI=1S/C23H42N2O4.C18H30O10/c1-16(28-5)15-29-22(27)25-20-12-8-18(9-13-20)14-17-6-10-19(11-7-17)24-21(26)23(2,3)4;1-10(23-8)16(21)26-11(2)14(19)24-9-25-15(20)12(3)27-17(22)13(4)28-18(5,6)7/h16-20H,6-15H2,1-5H3,(H,24,26)(H,25,27);10-13H,9H2,1-8H3. The Morgan fingerprint density at radius 3 is 1.40 bits per heavy atom. The number of nitrogens with one attached hydrogen (secondary N) is 2.